The third-order valence-electron chi connectivity index (χ3n) is 6.20. The van der Waals surface area contributed by atoms with Gasteiger partial charge in [-0.3, -0.25) is 4.79 Å². The molecule has 1 aliphatic rings. The van der Waals surface area contributed by atoms with E-state index in [-0.39, 0.29) is 11.8 Å². The number of aromatic nitrogens is 1. The lowest BCUT2D eigenvalue weighted by molar-refractivity contribution is -0.130. The Hall–Kier alpha value is -2.95. The number of benzene rings is 3. The molecule has 1 atom stereocenters. The smallest absolute Gasteiger partial charge is 0.223 e. The number of fused-ring (bicyclic) bond motifs is 1. The molecule has 0 unspecified atom stereocenters. The predicted molar refractivity (Wildman–Crippen MR) is 134 cm³/mol. The molecule has 168 valence electrons. The summed E-state index contributed by atoms with van der Waals surface area (Å²) >= 11 is 12.3. The van der Waals surface area contributed by atoms with E-state index in [1.807, 2.05) is 59.6 Å². The summed E-state index contributed by atoms with van der Waals surface area (Å²) in [4.78, 5) is 18.5. The zero-order chi connectivity index (χ0) is 22.8. The van der Waals surface area contributed by atoms with Gasteiger partial charge in [0.2, 0.25) is 5.91 Å². The molecule has 0 aliphatic carbocycles. The second-order valence-electron chi connectivity index (χ2n) is 8.41. The van der Waals surface area contributed by atoms with E-state index in [4.69, 9.17) is 27.9 Å². The average molecular weight is 479 g/mol. The van der Waals surface area contributed by atoms with Crippen molar-refractivity contribution in [2.24, 2.45) is 0 Å². The summed E-state index contributed by atoms with van der Waals surface area (Å²) in [5.74, 6) is 1.48. The molecular weight excluding hydrogens is 455 g/mol. The van der Waals surface area contributed by atoms with E-state index in [2.05, 4.69) is 11.1 Å². The molecule has 4 aromatic rings. The quantitative estimate of drug-likeness (QED) is 0.313. The Kier molecular flexibility index (Phi) is 6.30. The van der Waals surface area contributed by atoms with Crippen LogP contribution in [-0.4, -0.2) is 28.9 Å². The summed E-state index contributed by atoms with van der Waals surface area (Å²) in [6.45, 7) is 1.68. The molecule has 1 aromatic heterocycles. The van der Waals surface area contributed by atoms with Crippen LogP contribution in [-0.2, 0) is 4.79 Å². The molecule has 4 nitrogen and oxygen atoms in total. The lowest BCUT2D eigenvalue weighted by Gasteiger charge is -2.22. The minimum atomic E-state index is -0.126. The molecule has 0 radical (unpaired) electrons. The van der Waals surface area contributed by atoms with Crippen LogP contribution in [0.4, 0.5) is 0 Å². The van der Waals surface area contributed by atoms with Crippen LogP contribution < -0.4 is 4.74 Å². The molecular formula is C27H24Cl2N2O2. The molecule has 1 aliphatic heterocycles. The van der Waals surface area contributed by atoms with Crippen molar-refractivity contribution in [3.8, 4) is 11.5 Å². The van der Waals surface area contributed by atoms with Gasteiger partial charge in [0.25, 0.3) is 0 Å². The van der Waals surface area contributed by atoms with Crippen molar-refractivity contribution in [3.63, 3.8) is 0 Å². The van der Waals surface area contributed by atoms with Gasteiger partial charge in [-0.15, -0.1) is 0 Å². The van der Waals surface area contributed by atoms with Gasteiger partial charge in [0.05, 0.1) is 0 Å². The lowest BCUT2D eigenvalue weighted by Crippen LogP contribution is -2.29. The van der Waals surface area contributed by atoms with E-state index in [9.17, 15) is 4.79 Å². The summed E-state index contributed by atoms with van der Waals surface area (Å²) in [6.07, 6.45) is 4.53. The monoisotopic (exact) mass is 478 g/mol. The molecule has 33 heavy (non-hydrogen) atoms. The molecule has 1 saturated heterocycles. The van der Waals surface area contributed by atoms with Crippen LogP contribution in [0.15, 0.2) is 72.9 Å². The second kappa shape index (κ2) is 9.50. The number of amides is 1. The van der Waals surface area contributed by atoms with Gasteiger partial charge in [0.15, 0.2) is 0 Å². The zero-order valence-electron chi connectivity index (χ0n) is 18.1. The maximum atomic E-state index is 13.2. The summed E-state index contributed by atoms with van der Waals surface area (Å²) in [5, 5.41) is 2.37. The highest BCUT2D eigenvalue weighted by molar-refractivity contribution is 6.31. The Balaban J connectivity index is 1.51. The van der Waals surface area contributed by atoms with E-state index in [0.29, 0.717) is 28.0 Å². The summed E-state index contributed by atoms with van der Waals surface area (Å²) < 4.78 is 6.07. The molecule has 1 fully saturated rings. The normalized spacial score (nSPS) is 14.5. The van der Waals surface area contributed by atoms with Gasteiger partial charge in [-0.25, -0.2) is 0 Å². The van der Waals surface area contributed by atoms with Crippen LogP contribution in [0.5, 0.6) is 11.5 Å². The van der Waals surface area contributed by atoms with E-state index < -0.39 is 0 Å². The Morgan fingerprint density at radius 1 is 0.939 bits per heavy atom. The number of halogens is 2. The first kappa shape index (κ1) is 21.9. The number of hydrogen-bond donors (Lipinski definition) is 1. The van der Waals surface area contributed by atoms with E-state index in [0.717, 1.165) is 48.0 Å². The van der Waals surface area contributed by atoms with Crippen molar-refractivity contribution in [2.45, 2.75) is 25.2 Å². The highest BCUT2D eigenvalue weighted by atomic mass is 35.5. The highest BCUT2D eigenvalue weighted by Crippen LogP contribution is 2.37. The fourth-order valence-electron chi connectivity index (χ4n) is 4.51. The van der Waals surface area contributed by atoms with E-state index in [1.165, 1.54) is 0 Å². The van der Waals surface area contributed by atoms with Crippen molar-refractivity contribution in [1.29, 1.82) is 0 Å². The number of rotatable bonds is 6. The van der Waals surface area contributed by atoms with Crippen molar-refractivity contribution < 1.29 is 9.53 Å². The van der Waals surface area contributed by atoms with E-state index >= 15 is 0 Å². The van der Waals surface area contributed by atoms with Gasteiger partial charge in [0.1, 0.15) is 11.5 Å². The molecule has 1 amide bonds. The molecule has 0 saturated carbocycles. The first-order valence-electron chi connectivity index (χ1n) is 11.1. The number of H-pyrrole nitrogens is 1. The molecule has 0 bridgehead atoms. The first-order valence-corrected chi connectivity index (χ1v) is 11.9. The van der Waals surface area contributed by atoms with E-state index in [1.54, 1.807) is 12.1 Å². The SMILES string of the molecule is O=C(C[C@H](c1cccc(Oc2ccc(Cl)cc2)c1)c1c[nH]c2ccc(Cl)cc12)N1CCCC1. The fourth-order valence-corrected chi connectivity index (χ4v) is 4.81. The minimum Gasteiger partial charge on any atom is -0.457 e. The van der Waals surface area contributed by atoms with Gasteiger partial charge in [-0.1, -0.05) is 35.3 Å². The van der Waals surface area contributed by atoms with Crippen LogP contribution in [0.3, 0.4) is 0 Å². The van der Waals surface area contributed by atoms with Crippen molar-refractivity contribution >= 4 is 40.0 Å². The molecule has 1 N–H and O–H groups in total. The molecule has 2 heterocycles. The number of carbonyl (C=O) groups excluding carboxylic acids is 1. The van der Waals surface area contributed by atoms with Crippen LogP contribution in [0.25, 0.3) is 10.9 Å². The van der Waals surface area contributed by atoms with Crippen LogP contribution >= 0.6 is 23.2 Å². The Bertz CT molecular complexity index is 1280. The molecule has 3 aromatic carbocycles. The van der Waals surface area contributed by atoms with Crippen LogP contribution in [0, 0.1) is 0 Å². The summed E-state index contributed by atoms with van der Waals surface area (Å²) in [6, 6.07) is 21.0. The number of hydrogen-bond acceptors (Lipinski definition) is 2. The third-order valence-corrected chi connectivity index (χ3v) is 6.69. The highest BCUT2D eigenvalue weighted by Gasteiger charge is 2.26. The maximum Gasteiger partial charge on any atom is 0.223 e. The average Bonchev–Trinajstić information content (AvgIpc) is 3.49. The third kappa shape index (κ3) is 4.87. The topological polar surface area (TPSA) is 45.3 Å². The van der Waals surface area contributed by atoms with Crippen LogP contribution in [0.2, 0.25) is 10.0 Å². The van der Waals surface area contributed by atoms with Crippen molar-refractivity contribution in [1.82, 2.24) is 9.88 Å². The van der Waals surface area contributed by atoms with Gasteiger partial charge >= 0.3 is 0 Å². The number of nitrogens with one attached hydrogen (secondary N) is 1. The molecule has 0 spiro atoms. The Morgan fingerprint density at radius 3 is 2.48 bits per heavy atom. The van der Waals surface area contributed by atoms with Gasteiger partial charge in [-0.2, -0.15) is 0 Å². The maximum absolute atomic E-state index is 13.2. The van der Waals surface area contributed by atoms with Crippen molar-refractivity contribution in [3.05, 3.63) is 94.1 Å². The molecule has 6 heteroatoms. The fraction of sp³-hybridized carbons (Fsp3) is 0.222. The lowest BCUT2D eigenvalue weighted by atomic mass is 9.87. The summed E-state index contributed by atoms with van der Waals surface area (Å²) in [7, 11) is 0. The number of aromatic amines is 1. The number of carbonyl (C=O) groups is 1. The summed E-state index contributed by atoms with van der Waals surface area (Å²) in [5.41, 5.74) is 3.08. The number of ether oxygens (including phenoxy) is 1. The predicted octanol–water partition coefficient (Wildman–Crippen LogP) is 7.41. The second-order valence-corrected chi connectivity index (χ2v) is 9.28. The van der Waals surface area contributed by atoms with Crippen molar-refractivity contribution in [2.75, 3.05) is 13.1 Å². The van der Waals surface area contributed by atoms with Crippen LogP contribution in [0.1, 0.15) is 36.3 Å². The Morgan fingerprint density at radius 2 is 1.70 bits per heavy atom. The number of likely N-dealkylation sites (tertiary alicyclic amines) is 1. The zero-order valence-corrected chi connectivity index (χ0v) is 19.6. The number of nitrogens with zero attached hydrogens (tertiary/aromatic N) is 1. The first-order chi connectivity index (χ1) is 16.1. The minimum absolute atomic E-state index is 0.126. The van der Waals surface area contributed by atoms with Gasteiger partial charge in [-0.05, 0) is 78.6 Å². The van der Waals surface area contributed by atoms with Gasteiger partial charge in [0, 0.05) is 52.6 Å². The molecule has 5 rings (SSSR count). The Labute approximate surface area is 203 Å². The van der Waals surface area contributed by atoms with Gasteiger partial charge < -0.3 is 14.6 Å². The largest absolute Gasteiger partial charge is 0.457 e. The standard InChI is InChI=1S/C27H24Cl2N2O2/c28-19-6-9-21(10-7-19)33-22-5-3-4-18(14-22)23(16-27(32)31-12-1-2-13-31)25-17-30-26-11-8-20(29)15-24(25)26/h3-11,14-15,17,23,30H,1-2,12-13,16H2/t23-/m1/s1.